The standard InChI is InChI=1S/C20H20N4O3/c1-3-25-16-7-4-14(5-8-16)22-19-10-13(2)21-20(24-19)23-15-6-9-17-18(11-15)27-12-26-17/h4-11H,3,12H2,1-2H3,(H2,21,22,23,24). The van der Waals surface area contributed by atoms with E-state index in [0.29, 0.717) is 24.1 Å². The van der Waals surface area contributed by atoms with Crippen molar-refractivity contribution < 1.29 is 14.2 Å². The molecule has 1 aliphatic heterocycles. The van der Waals surface area contributed by atoms with Gasteiger partial charge in [-0.25, -0.2) is 4.98 Å². The number of aryl methyl sites for hydroxylation is 1. The lowest BCUT2D eigenvalue weighted by Crippen LogP contribution is -2.02. The predicted molar refractivity (Wildman–Crippen MR) is 104 cm³/mol. The predicted octanol–water partition coefficient (Wildman–Crippen LogP) is 4.40. The summed E-state index contributed by atoms with van der Waals surface area (Å²) in [6.07, 6.45) is 0. The second-order valence-electron chi connectivity index (χ2n) is 5.99. The molecule has 0 atom stereocenters. The van der Waals surface area contributed by atoms with Crippen molar-refractivity contribution in [3.63, 3.8) is 0 Å². The summed E-state index contributed by atoms with van der Waals surface area (Å²) in [5.74, 6) is 3.49. The van der Waals surface area contributed by atoms with Crippen LogP contribution in [0.3, 0.4) is 0 Å². The third-order valence-electron chi connectivity index (χ3n) is 3.92. The second-order valence-corrected chi connectivity index (χ2v) is 5.99. The van der Waals surface area contributed by atoms with E-state index in [9.17, 15) is 0 Å². The Morgan fingerprint density at radius 1 is 0.926 bits per heavy atom. The van der Waals surface area contributed by atoms with E-state index in [1.165, 1.54) is 0 Å². The van der Waals surface area contributed by atoms with Crippen LogP contribution in [0.1, 0.15) is 12.6 Å². The van der Waals surface area contributed by atoms with Gasteiger partial charge in [0.15, 0.2) is 11.5 Å². The summed E-state index contributed by atoms with van der Waals surface area (Å²) in [7, 11) is 0. The third kappa shape index (κ3) is 4.03. The molecule has 0 saturated heterocycles. The van der Waals surface area contributed by atoms with Crippen LogP contribution in [-0.4, -0.2) is 23.4 Å². The van der Waals surface area contributed by atoms with Gasteiger partial charge in [0, 0.05) is 29.2 Å². The minimum atomic E-state index is 0.246. The Morgan fingerprint density at radius 2 is 1.70 bits per heavy atom. The van der Waals surface area contributed by atoms with E-state index in [4.69, 9.17) is 14.2 Å². The fraction of sp³-hybridized carbons (Fsp3) is 0.200. The van der Waals surface area contributed by atoms with Gasteiger partial charge in [-0.2, -0.15) is 4.98 Å². The highest BCUT2D eigenvalue weighted by Gasteiger charge is 2.13. The lowest BCUT2D eigenvalue weighted by Gasteiger charge is -2.11. The Morgan fingerprint density at radius 3 is 2.52 bits per heavy atom. The summed E-state index contributed by atoms with van der Waals surface area (Å²) in [5, 5.41) is 6.50. The van der Waals surface area contributed by atoms with E-state index >= 15 is 0 Å². The van der Waals surface area contributed by atoms with Crippen LogP contribution in [-0.2, 0) is 0 Å². The summed E-state index contributed by atoms with van der Waals surface area (Å²) in [4.78, 5) is 8.99. The molecule has 0 saturated carbocycles. The van der Waals surface area contributed by atoms with Crippen LogP contribution in [0.25, 0.3) is 0 Å². The summed E-state index contributed by atoms with van der Waals surface area (Å²) in [5.41, 5.74) is 2.60. The molecular formula is C20H20N4O3. The van der Waals surface area contributed by atoms with Gasteiger partial charge in [0.25, 0.3) is 0 Å². The molecule has 4 rings (SSSR count). The molecule has 0 radical (unpaired) electrons. The first-order valence-corrected chi connectivity index (χ1v) is 8.72. The monoisotopic (exact) mass is 364 g/mol. The van der Waals surface area contributed by atoms with Crippen molar-refractivity contribution in [1.29, 1.82) is 0 Å². The van der Waals surface area contributed by atoms with Crippen LogP contribution in [0.5, 0.6) is 17.2 Å². The largest absolute Gasteiger partial charge is 0.494 e. The Labute approximate surface area is 157 Å². The molecule has 7 nitrogen and oxygen atoms in total. The number of nitrogens with one attached hydrogen (secondary N) is 2. The van der Waals surface area contributed by atoms with E-state index in [2.05, 4.69) is 20.6 Å². The molecule has 0 fully saturated rings. The molecule has 2 N–H and O–H groups in total. The van der Waals surface area contributed by atoms with Crippen molar-refractivity contribution in [3.05, 3.63) is 54.2 Å². The average Bonchev–Trinajstić information content (AvgIpc) is 3.11. The number of fused-ring (bicyclic) bond motifs is 1. The van der Waals surface area contributed by atoms with Crippen LogP contribution in [0.4, 0.5) is 23.1 Å². The first kappa shape index (κ1) is 17.0. The van der Waals surface area contributed by atoms with Crippen molar-refractivity contribution >= 4 is 23.1 Å². The molecule has 0 spiro atoms. The molecule has 2 aromatic carbocycles. The number of hydrogen-bond acceptors (Lipinski definition) is 7. The molecule has 3 aromatic rings. The first-order valence-electron chi connectivity index (χ1n) is 8.72. The normalized spacial score (nSPS) is 11.9. The van der Waals surface area contributed by atoms with Crippen LogP contribution in [0.15, 0.2) is 48.5 Å². The Balaban J connectivity index is 1.51. The van der Waals surface area contributed by atoms with E-state index in [1.807, 2.05) is 62.4 Å². The van der Waals surface area contributed by atoms with Gasteiger partial charge in [-0.15, -0.1) is 0 Å². The topological polar surface area (TPSA) is 77.5 Å². The van der Waals surface area contributed by atoms with Gasteiger partial charge in [-0.3, -0.25) is 0 Å². The molecule has 0 amide bonds. The molecule has 1 aromatic heterocycles. The van der Waals surface area contributed by atoms with Gasteiger partial charge in [0.2, 0.25) is 12.7 Å². The molecular weight excluding hydrogens is 344 g/mol. The number of anilines is 4. The van der Waals surface area contributed by atoms with Gasteiger partial charge >= 0.3 is 0 Å². The van der Waals surface area contributed by atoms with Crippen LogP contribution < -0.4 is 24.8 Å². The molecule has 2 heterocycles. The third-order valence-corrected chi connectivity index (χ3v) is 3.92. The zero-order valence-corrected chi connectivity index (χ0v) is 15.2. The fourth-order valence-electron chi connectivity index (χ4n) is 2.74. The highest BCUT2D eigenvalue weighted by Crippen LogP contribution is 2.35. The minimum absolute atomic E-state index is 0.246. The van der Waals surface area contributed by atoms with Crippen molar-refractivity contribution in [2.45, 2.75) is 13.8 Å². The highest BCUT2D eigenvalue weighted by atomic mass is 16.7. The minimum Gasteiger partial charge on any atom is -0.494 e. The number of hydrogen-bond donors (Lipinski definition) is 2. The van der Waals surface area contributed by atoms with Gasteiger partial charge in [-0.05, 0) is 50.2 Å². The Bertz CT molecular complexity index is 944. The lowest BCUT2D eigenvalue weighted by molar-refractivity contribution is 0.174. The van der Waals surface area contributed by atoms with E-state index in [-0.39, 0.29) is 6.79 Å². The summed E-state index contributed by atoms with van der Waals surface area (Å²) in [6.45, 7) is 4.78. The Hall–Kier alpha value is -3.48. The van der Waals surface area contributed by atoms with E-state index in [0.717, 1.165) is 28.6 Å². The number of nitrogens with zero attached hydrogens (tertiary/aromatic N) is 2. The van der Waals surface area contributed by atoms with Crippen LogP contribution in [0, 0.1) is 6.92 Å². The van der Waals surface area contributed by atoms with Crippen molar-refractivity contribution in [3.8, 4) is 17.2 Å². The zero-order chi connectivity index (χ0) is 18.6. The highest BCUT2D eigenvalue weighted by molar-refractivity contribution is 5.63. The molecule has 7 heteroatoms. The quantitative estimate of drug-likeness (QED) is 0.671. The fourth-order valence-corrected chi connectivity index (χ4v) is 2.74. The van der Waals surface area contributed by atoms with Gasteiger partial charge in [-0.1, -0.05) is 0 Å². The van der Waals surface area contributed by atoms with Crippen molar-refractivity contribution in [2.75, 3.05) is 24.0 Å². The zero-order valence-electron chi connectivity index (χ0n) is 15.2. The lowest BCUT2D eigenvalue weighted by atomic mass is 10.3. The average molecular weight is 364 g/mol. The SMILES string of the molecule is CCOc1ccc(Nc2cc(C)nc(Nc3ccc4c(c3)OCO4)n2)cc1. The van der Waals surface area contributed by atoms with E-state index < -0.39 is 0 Å². The van der Waals surface area contributed by atoms with Gasteiger partial charge in [0.1, 0.15) is 11.6 Å². The number of ether oxygens (including phenoxy) is 3. The molecule has 0 bridgehead atoms. The number of rotatable bonds is 6. The summed E-state index contributed by atoms with van der Waals surface area (Å²) in [6, 6.07) is 15.3. The van der Waals surface area contributed by atoms with E-state index in [1.54, 1.807) is 0 Å². The molecule has 1 aliphatic rings. The maximum Gasteiger partial charge on any atom is 0.231 e. The number of aromatic nitrogens is 2. The molecule has 27 heavy (non-hydrogen) atoms. The second kappa shape index (κ2) is 7.41. The molecule has 138 valence electrons. The number of benzene rings is 2. The first-order chi connectivity index (χ1) is 13.2. The summed E-state index contributed by atoms with van der Waals surface area (Å²) >= 11 is 0. The molecule has 0 unspecified atom stereocenters. The van der Waals surface area contributed by atoms with Gasteiger partial charge in [0.05, 0.1) is 6.61 Å². The smallest absolute Gasteiger partial charge is 0.231 e. The van der Waals surface area contributed by atoms with Crippen LogP contribution in [0.2, 0.25) is 0 Å². The summed E-state index contributed by atoms with van der Waals surface area (Å²) < 4.78 is 16.2. The maximum absolute atomic E-state index is 5.46. The van der Waals surface area contributed by atoms with Crippen molar-refractivity contribution in [1.82, 2.24) is 9.97 Å². The van der Waals surface area contributed by atoms with Gasteiger partial charge < -0.3 is 24.8 Å². The maximum atomic E-state index is 5.46. The molecule has 0 aliphatic carbocycles. The van der Waals surface area contributed by atoms with Crippen molar-refractivity contribution in [2.24, 2.45) is 0 Å². The van der Waals surface area contributed by atoms with Crippen LogP contribution >= 0.6 is 0 Å². The Kier molecular flexibility index (Phi) is 4.65.